The molecule has 3 saturated carbocycles. The molecule has 0 saturated heterocycles. The van der Waals surface area contributed by atoms with E-state index in [0.29, 0.717) is 5.92 Å². The Morgan fingerprint density at radius 3 is 2.45 bits per heavy atom. The van der Waals surface area contributed by atoms with Crippen LogP contribution in [0.25, 0.3) is 0 Å². The number of sulfonamides is 1. The molecule has 3 rings (SSSR count). The molecule has 0 aromatic rings. The van der Waals surface area contributed by atoms with Crippen molar-refractivity contribution in [2.24, 2.45) is 22.5 Å². The van der Waals surface area contributed by atoms with Gasteiger partial charge >= 0.3 is 0 Å². The Hall–Kier alpha value is -0.170. The lowest BCUT2D eigenvalue weighted by Gasteiger charge is -2.41. The summed E-state index contributed by atoms with van der Waals surface area (Å²) in [6.07, 6.45) is 5.89. The maximum atomic E-state index is 12.7. The molecule has 4 N–H and O–H groups in total. The van der Waals surface area contributed by atoms with E-state index in [-0.39, 0.29) is 23.3 Å². The molecule has 0 heterocycles. The van der Waals surface area contributed by atoms with Crippen molar-refractivity contribution in [3.8, 4) is 0 Å². The van der Waals surface area contributed by atoms with E-state index in [1.54, 1.807) is 0 Å². The molecule has 3 fully saturated rings. The van der Waals surface area contributed by atoms with Crippen LogP contribution in [0.4, 0.5) is 0 Å². The lowest BCUT2D eigenvalue weighted by molar-refractivity contribution is 0.0151. The number of hydrogen-bond acceptors (Lipinski definition) is 4. The summed E-state index contributed by atoms with van der Waals surface area (Å²) in [5.41, 5.74) is 5.46. The third kappa shape index (κ3) is 2.52. The van der Waals surface area contributed by atoms with E-state index in [4.69, 9.17) is 5.73 Å². The molecule has 5 atom stereocenters. The number of nitrogens with two attached hydrogens (primary N) is 1. The Morgan fingerprint density at radius 1 is 1.23 bits per heavy atom. The Kier molecular flexibility index (Phi) is 4.12. The van der Waals surface area contributed by atoms with Crippen LogP contribution in [0.15, 0.2) is 0 Å². The number of aliphatic hydroxyl groups is 1. The summed E-state index contributed by atoms with van der Waals surface area (Å²) in [4.78, 5) is 0. The normalized spacial score (nSPS) is 44.4. The van der Waals surface area contributed by atoms with Crippen LogP contribution in [0.5, 0.6) is 0 Å². The molecule has 0 spiro atoms. The van der Waals surface area contributed by atoms with E-state index >= 15 is 0 Å². The molecule has 128 valence electrons. The third-order valence-corrected chi connectivity index (χ3v) is 8.54. The van der Waals surface area contributed by atoms with Gasteiger partial charge in [0.05, 0.1) is 11.9 Å². The Labute approximate surface area is 134 Å². The molecule has 22 heavy (non-hydrogen) atoms. The second-order valence-corrected chi connectivity index (χ2v) is 10.1. The molecular formula is C16H30N2O3S. The molecule has 5 nitrogen and oxygen atoms in total. The summed E-state index contributed by atoms with van der Waals surface area (Å²) in [7, 11) is -3.44. The van der Waals surface area contributed by atoms with Crippen LogP contribution in [-0.4, -0.2) is 37.5 Å². The van der Waals surface area contributed by atoms with Crippen molar-refractivity contribution in [3.05, 3.63) is 0 Å². The molecule has 0 amide bonds. The minimum Gasteiger partial charge on any atom is -0.392 e. The van der Waals surface area contributed by atoms with Gasteiger partial charge in [-0.2, -0.15) is 0 Å². The van der Waals surface area contributed by atoms with E-state index in [0.717, 1.165) is 44.9 Å². The van der Waals surface area contributed by atoms with Crippen molar-refractivity contribution in [3.63, 3.8) is 0 Å². The van der Waals surface area contributed by atoms with E-state index < -0.39 is 21.5 Å². The third-order valence-electron chi connectivity index (χ3n) is 6.99. The topological polar surface area (TPSA) is 92.4 Å². The largest absolute Gasteiger partial charge is 0.392 e. The van der Waals surface area contributed by atoms with Crippen molar-refractivity contribution in [1.82, 2.24) is 4.72 Å². The van der Waals surface area contributed by atoms with Gasteiger partial charge < -0.3 is 10.8 Å². The molecule has 0 radical (unpaired) electrons. The van der Waals surface area contributed by atoms with Gasteiger partial charge in [0.15, 0.2) is 0 Å². The first-order chi connectivity index (χ1) is 10.2. The standard InChI is InChI=1S/C16H30N2O3S/c1-15(2)11-7-8-16(15,14(19)9-11)10-22(20,21)18-13-6-4-3-5-12(13)17/h11-14,18-19H,3-10,17H2,1-2H3/t11?,12-,13-,14?,16?/m0/s1. The summed E-state index contributed by atoms with van der Waals surface area (Å²) in [6.45, 7) is 4.26. The quantitative estimate of drug-likeness (QED) is 0.726. The number of rotatable bonds is 4. The highest BCUT2D eigenvalue weighted by Crippen LogP contribution is 2.66. The van der Waals surface area contributed by atoms with Crippen LogP contribution < -0.4 is 10.5 Å². The van der Waals surface area contributed by atoms with Crippen molar-refractivity contribution in [2.45, 2.75) is 77.0 Å². The summed E-state index contributed by atoms with van der Waals surface area (Å²) in [5, 5.41) is 10.5. The van der Waals surface area contributed by atoms with E-state index in [1.807, 2.05) is 0 Å². The monoisotopic (exact) mass is 330 g/mol. The number of hydrogen-bond donors (Lipinski definition) is 3. The second-order valence-electron chi connectivity index (χ2n) is 8.30. The van der Waals surface area contributed by atoms with Gasteiger partial charge in [-0.05, 0) is 43.4 Å². The fourth-order valence-corrected chi connectivity index (χ4v) is 7.52. The SMILES string of the molecule is CC1(C)C2CCC1(CS(=O)(=O)N[C@H]1CCCC[C@@H]1N)C(O)C2. The molecule has 6 heteroatoms. The molecule has 3 aliphatic carbocycles. The fourth-order valence-electron chi connectivity index (χ4n) is 5.30. The lowest BCUT2D eigenvalue weighted by atomic mass is 9.70. The Balaban J connectivity index is 1.76. The zero-order valence-corrected chi connectivity index (χ0v) is 14.5. The van der Waals surface area contributed by atoms with Gasteiger partial charge in [-0.15, -0.1) is 0 Å². The predicted molar refractivity (Wildman–Crippen MR) is 86.7 cm³/mol. The maximum absolute atomic E-state index is 12.7. The zero-order chi connectivity index (χ0) is 16.2. The van der Waals surface area contributed by atoms with Gasteiger partial charge in [0.1, 0.15) is 0 Å². The summed E-state index contributed by atoms with van der Waals surface area (Å²) < 4.78 is 28.3. The molecule has 3 aliphatic rings. The average molecular weight is 330 g/mol. The fraction of sp³-hybridized carbons (Fsp3) is 1.00. The Bertz CT molecular complexity index is 534. The van der Waals surface area contributed by atoms with Crippen LogP contribution in [0.3, 0.4) is 0 Å². The molecule has 3 unspecified atom stereocenters. The first-order valence-electron chi connectivity index (χ1n) is 8.62. The molecule has 0 aromatic heterocycles. The van der Waals surface area contributed by atoms with Crippen LogP contribution in [0, 0.1) is 16.7 Å². The summed E-state index contributed by atoms with van der Waals surface area (Å²) in [5.74, 6) is 0.475. The van der Waals surface area contributed by atoms with Crippen molar-refractivity contribution < 1.29 is 13.5 Å². The minimum atomic E-state index is -3.44. The number of fused-ring (bicyclic) bond motifs is 2. The van der Waals surface area contributed by atoms with Crippen molar-refractivity contribution in [2.75, 3.05) is 5.75 Å². The highest BCUT2D eigenvalue weighted by molar-refractivity contribution is 7.89. The average Bonchev–Trinajstić information content (AvgIpc) is 2.74. The van der Waals surface area contributed by atoms with Crippen LogP contribution in [-0.2, 0) is 10.0 Å². The second kappa shape index (κ2) is 5.43. The minimum absolute atomic E-state index is 0.0356. The van der Waals surface area contributed by atoms with Gasteiger partial charge in [0.25, 0.3) is 0 Å². The van der Waals surface area contributed by atoms with Crippen LogP contribution >= 0.6 is 0 Å². The van der Waals surface area contributed by atoms with Gasteiger partial charge in [0, 0.05) is 17.5 Å². The highest BCUT2D eigenvalue weighted by Gasteiger charge is 2.65. The van der Waals surface area contributed by atoms with Gasteiger partial charge in [-0.3, -0.25) is 0 Å². The summed E-state index contributed by atoms with van der Waals surface area (Å²) >= 11 is 0. The van der Waals surface area contributed by atoms with Crippen molar-refractivity contribution in [1.29, 1.82) is 0 Å². The number of nitrogens with one attached hydrogen (secondary N) is 1. The molecule has 0 aliphatic heterocycles. The molecular weight excluding hydrogens is 300 g/mol. The smallest absolute Gasteiger partial charge is 0.212 e. The van der Waals surface area contributed by atoms with E-state index in [2.05, 4.69) is 18.6 Å². The van der Waals surface area contributed by atoms with Crippen LogP contribution in [0.2, 0.25) is 0 Å². The predicted octanol–water partition coefficient (Wildman–Crippen LogP) is 1.36. The number of aliphatic hydroxyl groups excluding tert-OH is 1. The summed E-state index contributed by atoms with van der Waals surface area (Å²) in [6, 6.07) is -0.229. The lowest BCUT2D eigenvalue weighted by Crippen LogP contribution is -2.53. The van der Waals surface area contributed by atoms with Gasteiger partial charge in [0.2, 0.25) is 10.0 Å². The van der Waals surface area contributed by atoms with Crippen LogP contribution in [0.1, 0.15) is 58.8 Å². The van der Waals surface area contributed by atoms with Crippen molar-refractivity contribution >= 4 is 10.0 Å². The zero-order valence-electron chi connectivity index (χ0n) is 13.7. The first kappa shape index (κ1) is 16.7. The molecule has 2 bridgehead atoms. The van der Waals surface area contributed by atoms with E-state index in [9.17, 15) is 13.5 Å². The Morgan fingerprint density at radius 2 is 1.91 bits per heavy atom. The van der Waals surface area contributed by atoms with Gasteiger partial charge in [-0.1, -0.05) is 26.7 Å². The van der Waals surface area contributed by atoms with Gasteiger partial charge in [-0.25, -0.2) is 13.1 Å². The highest BCUT2D eigenvalue weighted by atomic mass is 32.2. The van der Waals surface area contributed by atoms with E-state index in [1.165, 1.54) is 0 Å². The molecule has 0 aromatic carbocycles. The first-order valence-corrected chi connectivity index (χ1v) is 10.3. The maximum Gasteiger partial charge on any atom is 0.212 e.